The molecule has 0 unspecified atom stereocenters. The summed E-state index contributed by atoms with van der Waals surface area (Å²) in [6.07, 6.45) is 0. The van der Waals surface area contributed by atoms with Gasteiger partial charge in [-0.05, 0) is 79.9 Å². The number of halogens is 2. The molecule has 0 atom stereocenters. The van der Waals surface area contributed by atoms with Crippen molar-refractivity contribution in [2.75, 3.05) is 15.5 Å². The number of amides is 3. The number of carbonyl (C=O) groups is 3. The van der Waals surface area contributed by atoms with Gasteiger partial charge in [-0.25, -0.2) is 4.90 Å². The Morgan fingerprint density at radius 2 is 1.56 bits per heavy atom. The van der Waals surface area contributed by atoms with E-state index in [4.69, 9.17) is 23.2 Å². The Morgan fingerprint density at radius 3 is 2.24 bits per heavy atom. The van der Waals surface area contributed by atoms with Crippen molar-refractivity contribution in [1.29, 1.82) is 0 Å². The minimum atomic E-state index is -0.640. The summed E-state index contributed by atoms with van der Waals surface area (Å²) in [5.41, 5.74) is 4.88. The van der Waals surface area contributed by atoms with Gasteiger partial charge in [0, 0.05) is 22.0 Å². The van der Waals surface area contributed by atoms with Gasteiger partial charge in [0.15, 0.2) is 0 Å². The van der Waals surface area contributed by atoms with Crippen LogP contribution in [0.25, 0.3) is 0 Å². The van der Waals surface area contributed by atoms with E-state index in [1.54, 1.807) is 42.5 Å². The zero-order valence-corrected chi connectivity index (χ0v) is 20.2. The fourth-order valence-corrected chi connectivity index (χ4v) is 3.88. The van der Waals surface area contributed by atoms with Crippen LogP contribution in [0.1, 0.15) is 27.0 Å². The van der Waals surface area contributed by atoms with Crippen molar-refractivity contribution in [1.82, 2.24) is 0 Å². The number of benzene rings is 3. The molecular formula is C26H21Cl2N3O3. The van der Waals surface area contributed by atoms with E-state index in [-0.39, 0.29) is 16.6 Å². The number of aryl methyl sites for hydroxylation is 2. The van der Waals surface area contributed by atoms with Gasteiger partial charge in [0.25, 0.3) is 17.7 Å². The molecule has 2 N–H and O–H groups in total. The molecule has 0 radical (unpaired) electrons. The van der Waals surface area contributed by atoms with E-state index >= 15 is 0 Å². The van der Waals surface area contributed by atoms with Crippen LogP contribution in [0.15, 0.2) is 71.4 Å². The molecule has 0 saturated carbocycles. The molecule has 0 aliphatic carbocycles. The summed E-state index contributed by atoms with van der Waals surface area (Å²) in [5, 5.41) is 6.02. The molecule has 3 aromatic carbocycles. The summed E-state index contributed by atoms with van der Waals surface area (Å²) in [6.45, 7) is 5.75. The predicted octanol–water partition coefficient (Wildman–Crippen LogP) is 5.95. The van der Waals surface area contributed by atoms with E-state index in [1.165, 1.54) is 0 Å². The first-order chi connectivity index (χ1) is 16.2. The summed E-state index contributed by atoms with van der Waals surface area (Å²) in [6, 6.07) is 17.1. The van der Waals surface area contributed by atoms with Crippen molar-refractivity contribution in [3.8, 4) is 0 Å². The third kappa shape index (κ3) is 4.42. The molecule has 3 aromatic rings. The molecule has 3 amide bonds. The van der Waals surface area contributed by atoms with Crippen molar-refractivity contribution in [2.45, 2.75) is 20.8 Å². The number of nitrogens with zero attached hydrogens (tertiary/aromatic N) is 1. The first kappa shape index (κ1) is 23.5. The highest BCUT2D eigenvalue weighted by atomic mass is 35.5. The van der Waals surface area contributed by atoms with Gasteiger partial charge in [0.05, 0.1) is 5.69 Å². The molecule has 0 fully saturated rings. The summed E-state index contributed by atoms with van der Waals surface area (Å²) in [7, 11) is 0. The normalized spacial score (nSPS) is 13.5. The quantitative estimate of drug-likeness (QED) is 0.430. The van der Waals surface area contributed by atoms with Gasteiger partial charge in [0.2, 0.25) is 0 Å². The Morgan fingerprint density at radius 1 is 0.853 bits per heavy atom. The fraction of sp³-hybridized carbons (Fsp3) is 0.115. The topological polar surface area (TPSA) is 78.5 Å². The van der Waals surface area contributed by atoms with Gasteiger partial charge >= 0.3 is 0 Å². The van der Waals surface area contributed by atoms with Gasteiger partial charge in [-0.1, -0.05) is 41.4 Å². The van der Waals surface area contributed by atoms with Gasteiger partial charge in [-0.3, -0.25) is 14.4 Å². The van der Waals surface area contributed by atoms with Crippen LogP contribution in [0.5, 0.6) is 0 Å². The Kier molecular flexibility index (Phi) is 6.46. The summed E-state index contributed by atoms with van der Waals surface area (Å²) in [5.74, 6) is -1.49. The number of hydrogen-bond donors (Lipinski definition) is 2. The standard InChI is InChI=1S/C26H21Cl2N3O3/c1-14-5-4-6-21(16(14)3)30-24(32)17-8-10-18(11-9-17)29-23-22(28)25(33)31(26(23)34)19-12-7-15(2)20(27)13-19/h4-13,29H,1-3H3,(H,30,32). The molecule has 34 heavy (non-hydrogen) atoms. The number of carbonyl (C=O) groups excluding carboxylic acids is 3. The summed E-state index contributed by atoms with van der Waals surface area (Å²) < 4.78 is 0. The van der Waals surface area contributed by atoms with Crippen LogP contribution < -0.4 is 15.5 Å². The molecule has 0 saturated heterocycles. The number of anilines is 3. The number of nitrogens with one attached hydrogen (secondary N) is 2. The average Bonchev–Trinajstić information content (AvgIpc) is 3.02. The minimum Gasteiger partial charge on any atom is -0.350 e. The Hall–Kier alpha value is -3.61. The van der Waals surface area contributed by atoms with Crippen LogP contribution in [-0.4, -0.2) is 17.7 Å². The van der Waals surface area contributed by atoms with E-state index in [0.717, 1.165) is 27.3 Å². The maximum atomic E-state index is 13.0. The van der Waals surface area contributed by atoms with E-state index < -0.39 is 11.8 Å². The Bertz CT molecular complexity index is 1360. The number of hydrogen-bond acceptors (Lipinski definition) is 4. The molecule has 0 spiro atoms. The minimum absolute atomic E-state index is 0.0454. The van der Waals surface area contributed by atoms with E-state index in [0.29, 0.717) is 22.0 Å². The molecule has 0 aromatic heterocycles. The zero-order valence-electron chi connectivity index (χ0n) is 18.7. The van der Waals surface area contributed by atoms with Crippen molar-refractivity contribution < 1.29 is 14.4 Å². The Balaban J connectivity index is 1.50. The van der Waals surface area contributed by atoms with Gasteiger partial charge in [-0.15, -0.1) is 0 Å². The molecule has 0 bridgehead atoms. The lowest BCUT2D eigenvalue weighted by molar-refractivity contribution is -0.120. The summed E-state index contributed by atoms with van der Waals surface area (Å²) >= 11 is 12.4. The van der Waals surface area contributed by atoms with Crippen LogP contribution in [0, 0.1) is 20.8 Å². The highest BCUT2D eigenvalue weighted by Crippen LogP contribution is 2.32. The van der Waals surface area contributed by atoms with Crippen molar-refractivity contribution in [3.63, 3.8) is 0 Å². The zero-order chi connectivity index (χ0) is 24.6. The highest BCUT2D eigenvalue weighted by Gasteiger charge is 2.39. The molecule has 6 nitrogen and oxygen atoms in total. The monoisotopic (exact) mass is 493 g/mol. The fourth-order valence-electron chi connectivity index (χ4n) is 3.50. The molecule has 4 rings (SSSR count). The van der Waals surface area contributed by atoms with Gasteiger partial charge in [-0.2, -0.15) is 0 Å². The second-order valence-electron chi connectivity index (χ2n) is 7.97. The third-order valence-electron chi connectivity index (χ3n) is 5.71. The van der Waals surface area contributed by atoms with Crippen LogP contribution in [0.4, 0.5) is 17.1 Å². The average molecular weight is 494 g/mol. The maximum absolute atomic E-state index is 13.0. The van der Waals surface area contributed by atoms with E-state index in [9.17, 15) is 14.4 Å². The van der Waals surface area contributed by atoms with E-state index in [1.807, 2.05) is 39.0 Å². The lowest BCUT2D eigenvalue weighted by atomic mass is 10.1. The van der Waals surface area contributed by atoms with Gasteiger partial charge < -0.3 is 10.6 Å². The largest absolute Gasteiger partial charge is 0.350 e. The smallest absolute Gasteiger partial charge is 0.283 e. The van der Waals surface area contributed by atoms with Gasteiger partial charge in [0.1, 0.15) is 10.7 Å². The Labute approximate surface area is 207 Å². The van der Waals surface area contributed by atoms with Crippen LogP contribution in [0.3, 0.4) is 0 Å². The molecule has 1 aliphatic heterocycles. The second kappa shape index (κ2) is 9.33. The molecule has 1 aliphatic rings. The van der Waals surface area contributed by atoms with Crippen LogP contribution in [-0.2, 0) is 9.59 Å². The lowest BCUT2D eigenvalue weighted by Gasteiger charge is -2.16. The SMILES string of the molecule is Cc1ccc(N2C(=O)C(Cl)=C(Nc3ccc(C(=O)Nc4cccc(C)c4C)cc3)C2=O)cc1Cl. The van der Waals surface area contributed by atoms with Crippen molar-refractivity contribution >= 4 is 58.0 Å². The predicted molar refractivity (Wildman–Crippen MR) is 135 cm³/mol. The van der Waals surface area contributed by atoms with Crippen molar-refractivity contribution in [3.05, 3.63) is 98.7 Å². The number of rotatable bonds is 5. The van der Waals surface area contributed by atoms with Crippen molar-refractivity contribution in [2.24, 2.45) is 0 Å². The molecule has 1 heterocycles. The highest BCUT2D eigenvalue weighted by molar-refractivity contribution is 6.53. The maximum Gasteiger partial charge on any atom is 0.283 e. The van der Waals surface area contributed by atoms with Crippen LogP contribution >= 0.6 is 23.2 Å². The lowest BCUT2D eigenvalue weighted by Crippen LogP contribution is -2.32. The van der Waals surface area contributed by atoms with E-state index in [2.05, 4.69) is 10.6 Å². The second-order valence-corrected chi connectivity index (χ2v) is 8.76. The first-order valence-electron chi connectivity index (χ1n) is 10.5. The molecule has 8 heteroatoms. The molecule has 172 valence electrons. The number of imide groups is 1. The first-order valence-corrected chi connectivity index (χ1v) is 11.2. The molecular weight excluding hydrogens is 473 g/mol. The van der Waals surface area contributed by atoms with Crippen LogP contribution in [0.2, 0.25) is 5.02 Å². The third-order valence-corrected chi connectivity index (χ3v) is 6.47. The summed E-state index contributed by atoms with van der Waals surface area (Å²) in [4.78, 5) is 39.2.